The Bertz CT molecular complexity index is 843. The molecule has 138 valence electrons. The summed E-state index contributed by atoms with van der Waals surface area (Å²) in [7, 11) is 0. The van der Waals surface area contributed by atoms with Crippen LogP contribution in [0.15, 0.2) is 73.1 Å². The number of aryl methyl sites for hydroxylation is 1. The van der Waals surface area contributed by atoms with Crippen LogP contribution in [-0.2, 0) is 0 Å². The molecule has 1 atom stereocenters. The van der Waals surface area contributed by atoms with E-state index in [1.54, 1.807) is 24.5 Å². The molecular formula is C22H23N3O2. The maximum absolute atomic E-state index is 12.9. The second kappa shape index (κ2) is 8.96. The Labute approximate surface area is 159 Å². The predicted molar refractivity (Wildman–Crippen MR) is 106 cm³/mol. The third-order valence-corrected chi connectivity index (χ3v) is 4.27. The molecule has 1 aromatic heterocycles. The standard InChI is InChI=1S/C22H23N3O2/c1-16-7-8-19(15-20(16)27-14-11-23)22(26)25-21(17-5-3-2-4-6-17)18-9-12-24-13-10-18/h2-10,12-13,15,21H,11,14,23H2,1H3,(H,25,26). The van der Waals surface area contributed by atoms with Gasteiger partial charge in [0.1, 0.15) is 12.4 Å². The number of nitrogens with zero attached hydrogens (tertiary/aromatic N) is 1. The maximum atomic E-state index is 12.9. The summed E-state index contributed by atoms with van der Waals surface area (Å²) < 4.78 is 5.64. The lowest BCUT2D eigenvalue weighted by atomic mass is 9.99. The number of nitrogens with two attached hydrogens (primary N) is 1. The Morgan fingerprint density at radius 3 is 2.48 bits per heavy atom. The number of pyridine rings is 1. The maximum Gasteiger partial charge on any atom is 0.252 e. The molecule has 3 N–H and O–H groups in total. The zero-order valence-electron chi connectivity index (χ0n) is 15.3. The first-order valence-electron chi connectivity index (χ1n) is 8.88. The van der Waals surface area contributed by atoms with E-state index in [1.165, 1.54) is 0 Å². The normalized spacial score (nSPS) is 11.6. The molecule has 3 rings (SSSR count). The van der Waals surface area contributed by atoms with Crippen LogP contribution in [0.25, 0.3) is 0 Å². The van der Waals surface area contributed by atoms with E-state index in [-0.39, 0.29) is 11.9 Å². The third-order valence-electron chi connectivity index (χ3n) is 4.27. The second-order valence-electron chi connectivity index (χ2n) is 6.22. The molecule has 0 aliphatic carbocycles. The number of ether oxygens (including phenoxy) is 1. The summed E-state index contributed by atoms with van der Waals surface area (Å²) in [4.78, 5) is 17.0. The smallest absolute Gasteiger partial charge is 0.252 e. The van der Waals surface area contributed by atoms with Crippen molar-refractivity contribution >= 4 is 5.91 Å². The van der Waals surface area contributed by atoms with Gasteiger partial charge in [0.2, 0.25) is 0 Å². The van der Waals surface area contributed by atoms with Crippen molar-refractivity contribution in [2.75, 3.05) is 13.2 Å². The van der Waals surface area contributed by atoms with Gasteiger partial charge in [0, 0.05) is 24.5 Å². The average Bonchev–Trinajstić information content (AvgIpc) is 2.72. The quantitative estimate of drug-likeness (QED) is 0.677. The molecule has 5 nitrogen and oxygen atoms in total. The first kappa shape index (κ1) is 18.6. The number of amides is 1. The van der Waals surface area contributed by atoms with Gasteiger partial charge in [0.15, 0.2) is 0 Å². The van der Waals surface area contributed by atoms with E-state index in [1.807, 2.05) is 55.5 Å². The summed E-state index contributed by atoms with van der Waals surface area (Å²) in [5.41, 5.74) is 8.99. The van der Waals surface area contributed by atoms with Gasteiger partial charge < -0.3 is 15.8 Å². The van der Waals surface area contributed by atoms with Crippen molar-refractivity contribution in [2.24, 2.45) is 5.73 Å². The molecule has 0 aliphatic rings. The third kappa shape index (κ3) is 4.71. The molecule has 27 heavy (non-hydrogen) atoms. The number of hydrogen-bond donors (Lipinski definition) is 2. The van der Waals surface area contributed by atoms with Crippen molar-refractivity contribution in [3.63, 3.8) is 0 Å². The Kier molecular flexibility index (Phi) is 6.18. The highest BCUT2D eigenvalue weighted by molar-refractivity contribution is 5.95. The molecule has 1 unspecified atom stereocenters. The number of hydrogen-bond acceptors (Lipinski definition) is 4. The van der Waals surface area contributed by atoms with Crippen LogP contribution in [0.3, 0.4) is 0 Å². The Morgan fingerprint density at radius 1 is 1.07 bits per heavy atom. The average molecular weight is 361 g/mol. The first-order valence-corrected chi connectivity index (χ1v) is 8.88. The number of aromatic nitrogens is 1. The van der Waals surface area contributed by atoms with Gasteiger partial charge in [-0.25, -0.2) is 0 Å². The summed E-state index contributed by atoms with van der Waals surface area (Å²) in [5, 5.41) is 3.12. The van der Waals surface area contributed by atoms with Crippen molar-refractivity contribution in [3.05, 3.63) is 95.3 Å². The minimum absolute atomic E-state index is 0.168. The lowest BCUT2D eigenvalue weighted by Crippen LogP contribution is -2.29. The molecule has 2 aromatic carbocycles. The van der Waals surface area contributed by atoms with Crippen LogP contribution in [0, 0.1) is 6.92 Å². The largest absolute Gasteiger partial charge is 0.492 e. The molecule has 0 aliphatic heterocycles. The van der Waals surface area contributed by atoms with Crippen LogP contribution in [0.4, 0.5) is 0 Å². The first-order chi connectivity index (χ1) is 13.2. The van der Waals surface area contributed by atoms with Crippen LogP contribution >= 0.6 is 0 Å². The molecule has 0 saturated heterocycles. The van der Waals surface area contributed by atoms with Crippen LogP contribution in [0.5, 0.6) is 5.75 Å². The fourth-order valence-electron chi connectivity index (χ4n) is 2.84. The highest BCUT2D eigenvalue weighted by Crippen LogP contribution is 2.24. The van der Waals surface area contributed by atoms with Crippen LogP contribution < -0.4 is 15.8 Å². The van der Waals surface area contributed by atoms with Crippen molar-refractivity contribution in [2.45, 2.75) is 13.0 Å². The molecule has 0 saturated carbocycles. The van der Waals surface area contributed by atoms with Crippen molar-refractivity contribution < 1.29 is 9.53 Å². The molecule has 5 heteroatoms. The van der Waals surface area contributed by atoms with Crippen molar-refractivity contribution in [1.82, 2.24) is 10.3 Å². The Hall–Kier alpha value is -3.18. The van der Waals surface area contributed by atoms with Crippen molar-refractivity contribution in [3.8, 4) is 5.75 Å². The molecular weight excluding hydrogens is 338 g/mol. The Balaban J connectivity index is 1.87. The van der Waals surface area contributed by atoms with E-state index in [0.29, 0.717) is 24.5 Å². The summed E-state index contributed by atoms with van der Waals surface area (Å²) in [6, 6.07) is 18.8. The SMILES string of the molecule is Cc1ccc(C(=O)NC(c2ccccc2)c2ccncc2)cc1OCCN. The van der Waals surface area contributed by atoms with Gasteiger partial charge in [-0.3, -0.25) is 9.78 Å². The molecule has 1 amide bonds. The minimum atomic E-state index is -0.267. The Morgan fingerprint density at radius 2 is 1.78 bits per heavy atom. The zero-order chi connectivity index (χ0) is 19.1. The van der Waals surface area contributed by atoms with E-state index < -0.39 is 0 Å². The fourth-order valence-corrected chi connectivity index (χ4v) is 2.84. The molecule has 0 spiro atoms. The number of carbonyl (C=O) groups is 1. The topological polar surface area (TPSA) is 77.2 Å². The zero-order valence-corrected chi connectivity index (χ0v) is 15.3. The molecule has 0 radical (unpaired) electrons. The van der Waals surface area contributed by atoms with Crippen LogP contribution in [-0.4, -0.2) is 24.0 Å². The molecule has 1 heterocycles. The highest BCUT2D eigenvalue weighted by atomic mass is 16.5. The monoisotopic (exact) mass is 361 g/mol. The van der Waals surface area contributed by atoms with Crippen LogP contribution in [0.1, 0.15) is 33.1 Å². The van der Waals surface area contributed by atoms with E-state index >= 15 is 0 Å². The molecule has 0 bridgehead atoms. The van der Waals surface area contributed by atoms with E-state index in [2.05, 4.69) is 10.3 Å². The lowest BCUT2D eigenvalue weighted by Gasteiger charge is -2.20. The predicted octanol–water partition coefficient (Wildman–Crippen LogP) is 3.25. The van der Waals surface area contributed by atoms with E-state index in [4.69, 9.17) is 10.5 Å². The second-order valence-corrected chi connectivity index (χ2v) is 6.22. The van der Waals surface area contributed by atoms with Gasteiger partial charge in [0.25, 0.3) is 5.91 Å². The highest BCUT2D eigenvalue weighted by Gasteiger charge is 2.18. The summed E-state index contributed by atoms with van der Waals surface area (Å²) >= 11 is 0. The van der Waals surface area contributed by atoms with Gasteiger partial charge in [-0.2, -0.15) is 0 Å². The van der Waals surface area contributed by atoms with Gasteiger partial charge in [-0.05, 0) is 47.9 Å². The van der Waals surface area contributed by atoms with E-state index in [9.17, 15) is 4.79 Å². The van der Waals surface area contributed by atoms with Gasteiger partial charge in [0.05, 0.1) is 6.04 Å². The number of benzene rings is 2. The number of rotatable bonds is 7. The summed E-state index contributed by atoms with van der Waals surface area (Å²) in [6.07, 6.45) is 3.45. The van der Waals surface area contributed by atoms with Gasteiger partial charge in [-0.1, -0.05) is 36.4 Å². The van der Waals surface area contributed by atoms with Gasteiger partial charge in [-0.15, -0.1) is 0 Å². The summed E-state index contributed by atoms with van der Waals surface area (Å²) in [5.74, 6) is 0.506. The lowest BCUT2D eigenvalue weighted by molar-refractivity contribution is 0.0942. The van der Waals surface area contributed by atoms with Gasteiger partial charge >= 0.3 is 0 Å². The van der Waals surface area contributed by atoms with Crippen LogP contribution in [0.2, 0.25) is 0 Å². The fraction of sp³-hybridized carbons (Fsp3) is 0.182. The molecule has 3 aromatic rings. The number of carbonyl (C=O) groups excluding carboxylic acids is 1. The van der Waals surface area contributed by atoms with Crippen molar-refractivity contribution in [1.29, 1.82) is 0 Å². The van der Waals surface area contributed by atoms with E-state index in [0.717, 1.165) is 16.7 Å². The minimum Gasteiger partial charge on any atom is -0.492 e. The molecule has 0 fully saturated rings. The summed E-state index contributed by atoms with van der Waals surface area (Å²) in [6.45, 7) is 2.78. The number of nitrogens with one attached hydrogen (secondary N) is 1.